The van der Waals surface area contributed by atoms with Crippen molar-refractivity contribution in [1.82, 2.24) is 4.98 Å². The Hall–Kier alpha value is -0.800. The highest BCUT2D eigenvalue weighted by Crippen LogP contribution is 2.33. The Morgan fingerprint density at radius 2 is 2.17 bits per heavy atom. The summed E-state index contributed by atoms with van der Waals surface area (Å²) in [4.78, 5) is 7.41. The van der Waals surface area contributed by atoms with Gasteiger partial charge >= 0.3 is 0 Å². The maximum atomic E-state index is 3.42. The van der Waals surface area contributed by atoms with Crippen LogP contribution in [-0.4, -0.2) is 4.98 Å². The van der Waals surface area contributed by atoms with Crippen LogP contribution in [0, 0.1) is 6.92 Å². The molecule has 0 radical (unpaired) electrons. The Morgan fingerprint density at radius 3 is 3.08 bits per heavy atom. The average molecular weight is 193 g/mol. The monoisotopic (exact) mass is 193 g/mol. The molecule has 0 bridgehead atoms. The highest BCUT2D eigenvalue weighted by atomic mass is 32.1. The molecule has 0 saturated carbocycles. The third-order valence-corrected chi connectivity index (χ3v) is 3.83. The zero-order valence-electron chi connectivity index (χ0n) is 6.55. The largest absolute Gasteiger partial charge is 0.338 e. The highest BCUT2D eigenvalue weighted by molar-refractivity contribution is 7.20. The normalized spacial score (nSPS) is 11.8. The van der Waals surface area contributed by atoms with Crippen molar-refractivity contribution in [2.24, 2.45) is 0 Å². The van der Waals surface area contributed by atoms with E-state index in [9.17, 15) is 0 Å². The summed E-state index contributed by atoms with van der Waals surface area (Å²) < 4.78 is 0. The first kappa shape index (κ1) is 6.69. The number of rotatable bonds is 0. The molecule has 3 heterocycles. The van der Waals surface area contributed by atoms with E-state index in [-0.39, 0.29) is 0 Å². The summed E-state index contributed by atoms with van der Waals surface area (Å²) in [5, 5.41) is 4.89. The molecule has 0 aliphatic heterocycles. The van der Waals surface area contributed by atoms with Crippen molar-refractivity contribution in [2.45, 2.75) is 6.92 Å². The van der Waals surface area contributed by atoms with E-state index < -0.39 is 0 Å². The number of fused-ring (bicyclic) bond motifs is 3. The van der Waals surface area contributed by atoms with Gasteiger partial charge in [-0.3, -0.25) is 0 Å². The van der Waals surface area contributed by atoms with Crippen LogP contribution in [-0.2, 0) is 0 Å². The van der Waals surface area contributed by atoms with E-state index in [1.54, 1.807) is 11.3 Å². The fourth-order valence-electron chi connectivity index (χ4n) is 1.53. The van der Waals surface area contributed by atoms with E-state index in [1.165, 1.54) is 25.3 Å². The maximum Gasteiger partial charge on any atom is 0.102 e. The summed E-state index contributed by atoms with van der Waals surface area (Å²) in [6, 6.07) is 4.44. The highest BCUT2D eigenvalue weighted by Gasteiger charge is 2.06. The molecule has 0 aliphatic carbocycles. The van der Waals surface area contributed by atoms with Gasteiger partial charge in [0.15, 0.2) is 0 Å². The number of aryl methyl sites for hydroxylation is 1. The van der Waals surface area contributed by atoms with Crippen LogP contribution in [0.4, 0.5) is 0 Å². The van der Waals surface area contributed by atoms with Gasteiger partial charge < -0.3 is 4.98 Å². The molecular weight excluding hydrogens is 186 g/mol. The minimum absolute atomic E-state index is 1.30. The van der Waals surface area contributed by atoms with Crippen LogP contribution in [0.3, 0.4) is 0 Å². The lowest BCUT2D eigenvalue weighted by Crippen LogP contribution is -1.53. The van der Waals surface area contributed by atoms with Crippen molar-refractivity contribution in [3.8, 4) is 0 Å². The third-order valence-electron chi connectivity index (χ3n) is 2.04. The first-order valence-electron chi connectivity index (χ1n) is 3.80. The van der Waals surface area contributed by atoms with E-state index in [0.717, 1.165) is 0 Å². The van der Waals surface area contributed by atoms with E-state index in [4.69, 9.17) is 0 Å². The quantitative estimate of drug-likeness (QED) is 0.559. The van der Waals surface area contributed by atoms with Gasteiger partial charge in [-0.2, -0.15) is 0 Å². The molecule has 0 atom stereocenters. The van der Waals surface area contributed by atoms with Crippen molar-refractivity contribution in [2.75, 3.05) is 0 Å². The second kappa shape index (κ2) is 2.12. The average Bonchev–Trinajstić information content (AvgIpc) is 2.59. The second-order valence-electron chi connectivity index (χ2n) is 2.89. The standard InChI is InChI=1S/C9H7NS2/c1-5-4-7-6-2-3-11-8(6)10-9(7)12-5/h2-4,10H,1H3. The second-order valence-corrected chi connectivity index (χ2v) is 5.06. The van der Waals surface area contributed by atoms with Gasteiger partial charge in [0.2, 0.25) is 0 Å². The van der Waals surface area contributed by atoms with Crippen molar-refractivity contribution >= 4 is 43.1 Å². The lowest BCUT2D eigenvalue weighted by Gasteiger charge is -1.75. The molecule has 0 amide bonds. The molecule has 3 aromatic heterocycles. The molecule has 0 spiro atoms. The molecule has 3 rings (SSSR count). The minimum atomic E-state index is 1.30. The Kier molecular flexibility index (Phi) is 1.18. The van der Waals surface area contributed by atoms with Gasteiger partial charge in [-0.05, 0) is 24.4 Å². The molecule has 3 aromatic rings. The Labute approximate surface area is 77.6 Å². The fourth-order valence-corrected chi connectivity index (χ4v) is 3.33. The van der Waals surface area contributed by atoms with Crippen LogP contribution in [0.25, 0.3) is 20.4 Å². The van der Waals surface area contributed by atoms with Gasteiger partial charge in [-0.15, -0.1) is 22.7 Å². The van der Waals surface area contributed by atoms with Crippen LogP contribution in [0.15, 0.2) is 17.5 Å². The van der Waals surface area contributed by atoms with E-state index in [0.29, 0.717) is 0 Å². The Bertz CT molecular complexity index is 541. The number of H-pyrrole nitrogens is 1. The summed E-state index contributed by atoms with van der Waals surface area (Å²) in [7, 11) is 0. The fraction of sp³-hybridized carbons (Fsp3) is 0.111. The lowest BCUT2D eigenvalue weighted by atomic mass is 10.3. The summed E-state index contributed by atoms with van der Waals surface area (Å²) >= 11 is 3.61. The van der Waals surface area contributed by atoms with Gasteiger partial charge in [-0.25, -0.2) is 0 Å². The van der Waals surface area contributed by atoms with Crippen LogP contribution < -0.4 is 0 Å². The molecule has 0 saturated heterocycles. The molecule has 3 heteroatoms. The topological polar surface area (TPSA) is 15.8 Å². The zero-order chi connectivity index (χ0) is 8.13. The van der Waals surface area contributed by atoms with Gasteiger partial charge in [-0.1, -0.05) is 0 Å². The van der Waals surface area contributed by atoms with Crippen LogP contribution >= 0.6 is 22.7 Å². The number of hydrogen-bond donors (Lipinski definition) is 1. The summed E-state index contributed by atoms with van der Waals surface area (Å²) in [6.07, 6.45) is 0. The number of thiophene rings is 2. The summed E-state index contributed by atoms with van der Waals surface area (Å²) in [5.74, 6) is 0. The molecule has 0 aliphatic rings. The van der Waals surface area contributed by atoms with Crippen molar-refractivity contribution < 1.29 is 0 Å². The smallest absolute Gasteiger partial charge is 0.102 e. The first-order chi connectivity index (χ1) is 5.84. The number of aromatic amines is 1. The molecule has 0 fully saturated rings. The molecule has 1 N–H and O–H groups in total. The minimum Gasteiger partial charge on any atom is -0.338 e. The van der Waals surface area contributed by atoms with Crippen molar-refractivity contribution in [3.63, 3.8) is 0 Å². The maximum absolute atomic E-state index is 3.42. The molecular formula is C9H7NS2. The molecule has 60 valence electrons. The van der Waals surface area contributed by atoms with E-state index in [1.807, 2.05) is 11.3 Å². The van der Waals surface area contributed by atoms with Crippen LogP contribution in [0.2, 0.25) is 0 Å². The predicted molar refractivity (Wildman–Crippen MR) is 56.3 cm³/mol. The van der Waals surface area contributed by atoms with Gasteiger partial charge in [0.05, 0.1) is 0 Å². The summed E-state index contributed by atoms with van der Waals surface area (Å²) in [6.45, 7) is 2.15. The molecule has 1 nitrogen and oxygen atoms in total. The van der Waals surface area contributed by atoms with Crippen LogP contribution in [0.5, 0.6) is 0 Å². The number of hydrogen-bond acceptors (Lipinski definition) is 2. The first-order valence-corrected chi connectivity index (χ1v) is 5.49. The SMILES string of the molecule is Cc1cc2c([nH]c3sccc32)s1. The van der Waals surface area contributed by atoms with E-state index in [2.05, 4.69) is 29.4 Å². The Morgan fingerprint density at radius 1 is 1.25 bits per heavy atom. The van der Waals surface area contributed by atoms with Crippen molar-refractivity contribution in [3.05, 3.63) is 22.4 Å². The third kappa shape index (κ3) is 0.726. The van der Waals surface area contributed by atoms with Crippen LogP contribution in [0.1, 0.15) is 4.88 Å². The van der Waals surface area contributed by atoms with Gasteiger partial charge in [0, 0.05) is 15.6 Å². The van der Waals surface area contributed by atoms with Gasteiger partial charge in [0.25, 0.3) is 0 Å². The van der Waals surface area contributed by atoms with Crippen molar-refractivity contribution in [1.29, 1.82) is 0 Å². The van der Waals surface area contributed by atoms with E-state index >= 15 is 0 Å². The molecule has 12 heavy (non-hydrogen) atoms. The molecule has 0 unspecified atom stereocenters. The van der Waals surface area contributed by atoms with Gasteiger partial charge in [0.1, 0.15) is 9.66 Å². The Balaban J connectivity index is 2.64. The molecule has 0 aromatic carbocycles. The number of aromatic nitrogens is 1. The zero-order valence-corrected chi connectivity index (χ0v) is 8.18. The predicted octanol–water partition coefficient (Wildman–Crippen LogP) is 3.75. The lowest BCUT2D eigenvalue weighted by molar-refractivity contribution is 1.64. The number of nitrogens with one attached hydrogen (secondary N) is 1. The summed E-state index contributed by atoms with van der Waals surface area (Å²) in [5.41, 5.74) is 0.